The first-order chi connectivity index (χ1) is 11.6. The maximum absolute atomic E-state index is 15.1. The van der Waals surface area contributed by atoms with E-state index in [9.17, 15) is 17.8 Å². The Morgan fingerprint density at radius 3 is 2.44 bits per heavy atom. The van der Waals surface area contributed by atoms with E-state index in [0.717, 1.165) is 13.0 Å². The fraction of sp³-hybridized carbons (Fsp3) is 0.312. The highest BCUT2D eigenvalue weighted by atomic mass is 32.2. The third kappa shape index (κ3) is 3.78. The van der Waals surface area contributed by atoms with Crippen molar-refractivity contribution in [1.82, 2.24) is 4.31 Å². The second kappa shape index (κ2) is 7.03. The Balaban J connectivity index is 2.64. The zero-order valence-electron chi connectivity index (χ0n) is 13.5. The van der Waals surface area contributed by atoms with Gasteiger partial charge in [0.15, 0.2) is 0 Å². The van der Waals surface area contributed by atoms with Crippen LogP contribution in [0.2, 0.25) is 0 Å². The van der Waals surface area contributed by atoms with Crippen molar-refractivity contribution in [2.24, 2.45) is 0 Å². The van der Waals surface area contributed by atoms with E-state index in [1.54, 1.807) is 18.2 Å². The molecule has 9 heteroatoms. The summed E-state index contributed by atoms with van der Waals surface area (Å²) < 4.78 is 66.8. The molecule has 25 heavy (non-hydrogen) atoms. The van der Waals surface area contributed by atoms with Gasteiger partial charge in [0, 0.05) is 5.56 Å². The molecule has 2 aromatic rings. The highest BCUT2D eigenvalue weighted by molar-refractivity contribution is 7.83. The number of hydrogen-bond donors (Lipinski definition) is 1. The van der Waals surface area contributed by atoms with Gasteiger partial charge in [-0.1, -0.05) is 46.8 Å². The highest BCUT2D eigenvalue weighted by Crippen LogP contribution is 2.39. The average molecular weight is 373 g/mol. The molecule has 0 unspecified atom stereocenters. The maximum Gasteiger partial charge on any atom is 0.347 e. The Bertz CT molecular complexity index is 880. The van der Waals surface area contributed by atoms with Crippen LogP contribution in [0.25, 0.3) is 10.8 Å². The molecule has 1 N–H and O–H groups in total. The lowest BCUT2D eigenvalue weighted by Gasteiger charge is -2.32. The minimum Gasteiger partial charge on any atom is -0.465 e. The molecular formula is C16H17F2NO5S. The lowest BCUT2D eigenvalue weighted by molar-refractivity contribution is -0.165. The molecule has 6 nitrogen and oxygen atoms in total. The summed E-state index contributed by atoms with van der Waals surface area (Å²) in [5.74, 6) is -1.19. The predicted octanol–water partition coefficient (Wildman–Crippen LogP) is 2.95. The molecule has 0 spiro atoms. The van der Waals surface area contributed by atoms with Crippen molar-refractivity contribution in [1.29, 1.82) is 0 Å². The summed E-state index contributed by atoms with van der Waals surface area (Å²) in [6.45, 7) is 2.25. The summed E-state index contributed by atoms with van der Waals surface area (Å²) in [7, 11) is -5.42. The Morgan fingerprint density at radius 2 is 1.84 bits per heavy atom. The molecule has 0 aliphatic heterocycles. The van der Waals surface area contributed by atoms with E-state index >= 15 is 8.78 Å². The molecule has 0 aromatic heterocycles. The summed E-state index contributed by atoms with van der Waals surface area (Å²) in [4.78, 5) is 11.8. The molecule has 0 saturated heterocycles. The molecule has 0 heterocycles. The largest absolute Gasteiger partial charge is 0.465 e. The molecule has 1 atom stereocenters. The van der Waals surface area contributed by atoms with Gasteiger partial charge in [-0.05, 0) is 24.6 Å². The van der Waals surface area contributed by atoms with Crippen LogP contribution in [-0.2, 0) is 25.9 Å². The molecule has 0 aliphatic rings. The van der Waals surface area contributed by atoms with Crippen LogP contribution in [-0.4, -0.2) is 35.9 Å². The van der Waals surface area contributed by atoms with Crippen molar-refractivity contribution >= 4 is 27.0 Å². The van der Waals surface area contributed by atoms with E-state index in [1.165, 1.54) is 25.1 Å². The van der Waals surface area contributed by atoms with Crippen LogP contribution < -0.4 is 0 Å². The van der Waals surface area contributed by atoms with Crippen molar-refractivity contribution < 1.29 is 31.3 Å². The lowest BCUT2D eigenvalue weighted by atomic mass is 10.0. The second-order valence-corrected chi connectivity index (χ2v) is 6.56. The molecule has 0 fully saturated rings. The number of hydrogen-bond acceptors (Lipinski definition) is 4. The minimum atomic E-state index is -5.42. The van der Waals surface area contributed by atoms with Gasteiger partial charge >= 0.3 is 22.3 Å². The summed E-state index contributed by atoms with van der Waals surface area (Å²) in [6.07, 6.45) is 0. The quantitative estimate of drug-likeness (QED) is 0.478. The molecule has 2 rings (SSSR count). The molecule has 0 amide bonds. The van der Waals surface area contributed by atoms with E-state index in [2.05, 4.69) is 4.74 Å². The Labute approximate surface area is 143 Å². The van der Waals surface area contributed by atoms with Crippen molar-refractivity contribution in [2.75, 3.05) is 6.61 Å². The van der Waals surface area contributed by atoms with Gasteiger partial charge < -0.3 is 4.74 Å². The van der Waals surface area contributed by atoms with Crippen LogP contribution in [0.1, 0.15) is 19.4 Å². The smallest absolute Gasteiger partial charge is 0.347 e. The monoisotopic (exact) mass is 373 g/mol. The number of fused-ring (bicyclic) bond motifs is 1. The number of rotatable bonds is 6. The Hall–Kier alpha value is -2.10. The van der Waals surface area contributed by atoms with Crippen molar-refractivity contribution in [3.8, 4) is 0 Å². The summed E-state index contributed by atoms with van der Waals surface area (Å²) in [6, 6.07) is 4.00. The molecule has 136 valence electrons. The number of ether oxygens (including phenoxy) is 1. The first kappa shape index (κ1) is 19.2. The van der Waals surface area contributed by atoms with E-state index in [0.29, 0.717) is 5.39 Å². The normalized spacial score (nSPS) is 13.8. The summed E-state index contributed by atoms with van der Waals surface area (Å²) in [5, 5.41) is 0.554. The van der Waals surface area contributed by atoms with Crippen LogP contribution in [0.3, 0.4) is 0 Å². The van der Waals surface area contributed by atoms with E-state index < -0.39 is 38.2 Å². The van der Waals surface area contributed by atoms with Gasteiger partial charge in [0.05, 0.1) is 6.61 Å². The number of nitrogens with zero attached hydrogens (tertiary/aromatic N) is 1. The van der Waals surface area contributed by atoms with E-state index in [1.807, 2.05) is 0 Å². The fourth-order valence-corrected chi connectivity index (χ4v) is 3.43. The van der Waals surface area contributed by atoms with Gasteiger partial charge in [-0.2, -0.15) is 17.2 Å². The van der Waals surface area contributed by atoms with Gasteiger partial charge in [0.25, 0.3) is 0 Å². The number of carbonyl (C=O) groups excluding carboxylic acids is 1. The predicted molar refractivity (Wildman–Crippen MR) is 87.3 cm³/mol. The van der Waals surface area contributed by atoms with Crippen molar-refractivity contribution in [3.05, 3.63) is 48.0 Å². The molecule has 2 aromatic carbocycles. The molecular weight excluding hydrogens is 356 g/mol. The second-order valence-electron chi connectivity index (χ2n) is 5.27. The minimum absolute atomic E-state index is 0.0970. The van der Waals surface area contributed by atoms with Crippen molar-refractivity contribution in [2.45, 2.75) is 25.9 Å². The van der Waals surface area contributed by atoms with Crippen LogP contribution >= 0.6 is 0 Å². The highest BCUT2D eigenvalue weighted by Gasteiger charge is 2.51. The summed E-state index contributed by atoms with van der Waals surface area (Å²) in [5.41, 5.74) is -0.653. The van der Waals surface area contributed by atoms with Gasteiger partial charge in [0.2, 0.25) is 0 Å². The van der Waals surface area contributed by atoms with E-state index in [-0.39, 0.29) is 12.0 Å². The molecule has 0 aliphatic carbocycles. The van der Waals surface area contributed by atoms with E-state index in [4.69, 9.17) is 0 Å². The topological polar surface area (TPSA) is 83.9 Å². The van der Waals surface area contributed by atoms with Gasteiger partial charge in [-0.15, -0.1) is 0 Å². The average Bonchev–Trinajstić information content (AvgIpc) is 2.52. The molecule has 0 radical (unpaired) electrons. The van der Waals surface area contributed by atoms with Crippen LogP contribution in [0.15, 0.2) is 42.5 Å². The Kier molecular flexibility index (Phi) is 5.40. The van der Waals surface area contributed by atoms with Crippen LogP contribution in [0.5, 0.6) is 0 Å². The SMILES string of the molecule is CCOC(=O)[C@H](C)N(C(F)(F)c1cccc2ccccc12)S(=O)(=O)O. The first-order valence-corrected chi connectivity index (χ1v) is 8.80. The molecule has 0 saturated carbocycles. The van der Waals surface area contributed by atoms with Gasteiger partial charge in [0.1, 0.15) is 6.04 Å². The van der Waals surface area contributed by atoms with Gasteiger partial charge in [-0.3, -0.25) is 9.35 Å². The summed E-state index contributed by atoms with van der Waals surface area (Å²) >= 11 is 0. The standard InChI is InChI=1S/C16H17F2NO5S/c1-3-24-15(20)11(2)19(25(21,22)23)16(17,18)14-10-6-8-12-7-4-5-9-13(12)14/h4-11H,3H2,1-2H3,(H,21,22,23)/t11-/m0/s1. The lowest BCUT2D eigenvalue weighted by Crippen LogP contribution is -2.52. The zero-order chi connectivity index (χ0) is 18.8. The fourth-order valence-electron chi connectivity index (χ4n) is 2.55. The first-order valence-electron chi connectivity index (χ1n) is 7.40. The number of benzene rings is 2. The third-order valence-electron chi connectivity index (χ3n) is 3.62. The van der Waals surface area contributed by atoms with Crippen LogP contribution in [0, 0.1) is 0 Å². The maximum atomic E-state index is 15.1. The zero-order valence-corrected chi connectivity index (χ0v) is 14.3. The number of esters is 1. The number of halogens is 2. The molecule has 0 bridgehead atoms. The number of carbonyl (C=O) groups is 1. The number of alkyl halides is 2. The van der Waals surface area contributed by atoms with Gasteiger partial charge in [-0.25, -0.2) is 0 Å². The Morgan fingerprint density at radius 1 is 1.24 bits per heavy atom. The third-order valence-corrected chi connectivity index (χ3v) is 4.66. The van der Waals surface area contributed by atoms with Crippen LogP contribution in [0.4, 0.5) is 8.78 Å². The van der Waals surface area contributed by atoms with Crippen molar-refractivity contribution in [3.63, 3.8) is 0 Å².